The second-order valence-corrected chi connectivity index (χ2v) is 5.82. The minimum Gasteiger partial charge on any atom is -0.389 e. The van der Waals surface area contributed by atoms with Gasteiger partial charge in [-0.2, -0.15) is 0 Å². The number of hydrogen-bond donors (Lipinski definition) is 1. The topological polar surface area (TPSA) is 32.5 Å². The minimum atomic E-state index is -0.185. The van der Waals surface area contributed by atoms with Crippen LogP contribution in [0.2, 0.25) is 0 Å². The number of rotatable bonds is 4. The highest BCUT2D eigenvalue weighted by atomic mass is 32.1. The van der Waals surface area contributed by atoms with E-state index in [1.165, 1.54) is 6.07 Å². The molecule has 0 bridgehead atoms. The molecule has 1 atom stereocenters. The van der Waals surface area contributed by atoms with E-state index in [0.717, 1.165) is 31.7 Å². The molecule has 5 heteroatoms. The molecule has 0 amide bonds. The van der Waals surface area contributed by atoms with Gasteiger partial charge in [-0.25, -0.2) is 4.39 Å². The maximum atomic E-state index is 13.9. The summed E-state index contributed by atoms with van der Waals surface area (Å²) in [5, 5.41) is 0. The summed E-state index contributed by atoms with van der Waals surface area (Å²) in [4.78, 5) is 5.05. The van der Waals surface area contributed by atoms with Gasteiger partial charge in [0.1, 0.15) is 10.8 Å². The van der Waals surface area contributed by atoms with E-state index >= 15 is 0 Å². The Labute approximate surface area is 125 Å². The highest BCUT2D eigenvalue weighted by Gasteiger charge is 2.22. The molecule has 0 radical (unpaired) electrons. The van der Waals surface area contributed by atoms with Crippen molar-refractivity contribution in [2.24, 2.45) is 5.73 Å². The molecule has 1 saturated heterocycles. The summed E-state index contributed by atoms with van der Waals surface area (Å²) in [6.45, 7) is 9.05. The Morgan fingerprint density at radius 2 is 2.20 bits per heavy atom. The number of hydrogen-bond acceptors (Lipinski definition) is 3. The molecule has 0 aromatic heterocycles. The van der Waals surface area contributed by atoms with Gasteiger partial charge in [0.25, 0.3) is 0 Å². The van der Waals surface area contributed by atoms with Gasteiger partial charge in [-0.1, -0.05) is 19.1 Å². The third kappa shape index (κ3) is 3.53. The van der Waals surface area contributed by atoms with Gasteiger partial charge >= 0.3 is 0 Å². The molecule has 2 rings (SSSR count). The van der Waals surface area contributed by atoms with Crippen molar-refractivity contribution in [1.29, 1.82) is 0 Å². The largest absolute Gasteiger partial charge is 0.389 e. The first-order chi connectivity index (χ1) is 9.51. The molecule has 1 aromatic rings. The molecule has 0 aliphatic carbocycles. The quantitative estimate of drug-likeness (QED) is 0.861. The number of nitrogens with two attached hydrogens (primary N) is 1. The smallest absolute Gasteiger partial charge is 0.127 e. The van der Waals surface area contributed by atoms with Crippen molar-refractivity contribution in [3.63, 3.8) is 0 Å². The molecule has 1 aromatic carbocycles. The molecule has 1 fully saturated rings. The van der Waals surface area contributed by atoms with Crippen LogP contribution in [0.5, 0.6) is 0 Å². The second-order valence-electron chi connectivity index (χ2n) is 5.38. The third-order valence-electron chi connectivity index (χ3n) is 3.98. The molecule has 2 N–H and O–H groups in total. The zero-order chi connectivity index (χ0) is 14.7. The lowest BCUT2D eigenvalue weighted by atomic mass is 10.1. The van der Waals surface area contributed by atoms with Crippen molar-refractivity contribution in [2.75, 3.05) is 26.2 Å². The van der Waals surface area contributed by atoms with Gasteiger partial charge in [0.2, 0.25) is 0 Å². The Kier molecular flexibility index (Phi) is 5.07. The van der Waals surface area contributed by atoms with Crippen LogP contribution in [-0.4, -0.2) is 47.0 Å². The second kappa shape index (κ2) is 6.61. The maximum Gasteiger partial charge on any atom is 0.127 e. The van der Waals surface area contributed by atoms with Crippen molar-refractivity contribution < 1.29 is 4.39 Å². The van der Waals surface area contributed by atoms with Gasteiger partial charge in [0.15, 0.2) is 0 Å². The molecule has 1 aliphatic rings. The van der Waals surface area contributed by atoms with Crippen LogP contribution in [0.4, 0.5) is 4.39 Å². The van der Waals surface area contributed by atoms with E-state index in [2.05, 4.69) is 23.6 Å². The monoisotopic (exact) mass is 295 g/mol. The highest BCUT2D eigenvalue weighted by Crippen LogP contribution is 2.16. The van der Waals surface area contributed by atoms with E-state index in [-0.39, 0.29) is 5.82 Å². The Morgan fingerprint density at radius 3 is 2.80 bits per heavy atom. The standard InChI is InChI=1S/C15H22FN3S/c1-3-19-7-6-18(9-11(19)2)10-13-8-12(15(17)20)4-5-14(13)16/h4-5,8,11H,3,6-7,9-10H2,1-2H3,(H2,17,20). The zero-order valence-electron chi connectivity index (χ0n) is 12.1. The number of benzene rings is 1. The first-order valence-electron chi connectivity index (χ1n) is 7.06. The summed E-state index contributed by atoms with van der Waals surface area (Å²) in [6, 6.07) is 5.37. The number of nitrogens with zero attached hydrogens (tertiary/aromatic N) is 2. The fraction of sp³-hybridized carbons (Fsp3) is 0.533. The Balaban J connectivity index is 2.07. The lowest BCUT2D eigenvalue weighted by Crippen LogP contribution is -2.51. The lowest BCUT2D eigenvalue weighted by Gasteiger charge is -2.39. The van der Waals surface area contributed by atoms with Crippen LogP contribution in [-0.2, 0) is 6.54 Å². The van der Waals surface area contributed by atoms with E-state index in [4.69, 9.17) is 18.0 Å². The van der Waals surface area contributed by atoms with Crippen LogP contribution in [0.25, 0.3) is 0 Å². The average molecular weight is 295 g/mol. The fourth-order valence-electron chi connectivity index (χ4n) is 2.77. The van der Waals surface area contributed by atoms with E-state index < -0.39 is 0 Å². The lowest BCUT2D eigenvalue weighted by molar-refractivity contribution is 0.0827. The summed E-state index contributed by atoms with van der Waals surface area (Å²) >= 11 is 4.95. The molecule has 3 nitrogen and oxygen atoms in total. The van der Waals surface area contributed by atoms with Crippen LogP contribution < -0.4 is 5.73 Å². The molecule has 0 spiro atoms. The van der Waals surface area contributed by atoms with Crippen molar-refractivity contribution in [2.45, 2.75) is 26.4 Å². The van der Waals surface area contributed by atoms with E-state index in [0.29, 0.717) is 23.1 Å². The van der Waals surface area contributed by atoms with Crippen molar-refractivity contribution >= 4 is 17.2 Å². The molecule has 20 heavy (non-hydrogen) atoms. The van der Waals surface area contributed by atoms with Crippen LogP contribution in [0.3, 0.4) is 0 Å². The van der Waals surface area contributed by atoms with Gasteiger partial charge in [0, 0.05) is 43.3 Å². The Hall–Kier alpha value is -1.04. The van der Waals surface area contributed by atoms with Crippen molar-refractivity contribution in [1.82, 2.24) is 9.80 Å². The molecular weight excluding hydrogens is 273 g/mol. The van der Waals surface area contributed by atoms with Crippen LogP contribution >= 0.6 is 12.2 Å². The highest BCUT2D eigenvalue weighted by molar-refractivity contribution is 7.80. The summed E-state index contributed by atoms with van der Waals surface area (Å²) in [6.07, 6.45) is 0. The van der Waals surface area contributed by atoms with Crippen LogP contribution in [0, 0.1) is 5.82 Å². The van der Waals surface area contributed by atoms with Gasteiger partial charge in [-0.3, -0.25) is 9.80 Å². The first kappa shape index (κ1) is 15.4. The van der Waals surface area contributed by atoms with Crippen molar-refractivity contribution in [3.05, 3.63) is 35.1 Å². The van der Waals surface area contributed by atoms with Gasteiger partial charge in [-0.05, 0) is 31.7 Å². The molecule has 1 unspecified atom stereocenters. The van der Waals surface area contributed by atoms with Gasteiger partial charge in [0.05, 0.1) is 0 Å². The minimum absolute atomic E-state index is 0.185. The van der Waals surface area contributed by atoms with E-state index in [9.17, 15) is 4.39 Å². The zero-order valence-corrected chi connectivity index (χ0v) is 12.9. The van der Waals surface area contributed by atoms with E-state index in [1.54, 1.807) is 12.1 Å². The normalized spacial score (nSPS) is 21.1. The van der Waals surface area contributed by atoms with Gasteiger partial charge in [-0.15, -0.1) is 0 Å². The summed E-state index contributed by atoms with van der Waals surface area (Å²) in [5.41, 5.74) is 7.02. The number of halogens is 1. The molecule has 110 valence electrons. The molecular formula is C15H22FN3S. The van der Waals surface area contributed by atoms with Gasteiger partial charge < -0.3 is 5.73 Å². The fourth-order valence-corrected chi connectivity index (χ4v) is 2.90. The number of thiocarbonyl (C=S) groups is 1. The van der Waals surface area contributed by atoms with Crippen molar-refractivity contribution in [3.8, 4) is 0 Å². The average Bonchev–Trinajstić information content (AvgIpc) is 2.41. The summed E-state index contributed by atoms with van der Waals surface area (Å²) in [5.74, 6) is -0.185. The number of piperazine rings is 1. The van der Waals surface area contributed by atoms with Crippen LogP contribution in [0.15, 0.2) is 18.2 Å². The molecule has 1 aliphatic heterocycles. The summed E-state index contributed by atoms with van der Waals surface area (Å²) in [7, 11) is 0. The first-order valence-corrected chi connectivity index (χ1v) is 7.46. The third-order valence-corrected chi connectivity index (χ3v) is 4.22. The maximum absolute atomic E-state index is 13.9. The van der Waals surface area contributed by atoms with Crippen LogP contribution in [0.1, 0.15) is 25.0 Å². The Bertz CT molecular complexity index is 492. The SMILES string of the molecule is CCN1CCN(Cc2cc(C(N)=S)ccc2F)CC1C. The number of likely N-dealkylation sites (N-methyl/N-ethyl adjacent to an activating group) is 1. The predicted molar refractivity (Wildman–Crippen MR) is 84.3 cm³/mol. The summed E-state index contributed by atoms with van der Waals surface area (Å²) < 4.78 is 13.9. The predicted octanol–water partition coefficient (Wildman–Crippen LogP) is 1.99. The molecule has 0 saturated carbocycles. The molecule has 1 heterocycles. The Morgan fingerprint density at radius 1 is 1.45 bits per heavy atom. The van der Waals surface area contributed by atoms with E-state index in [1.807, 2.05) is 0 Å².